The Kier molecular flexibility index (Phi) is 10.6. The van der Waals surface area contributed by atoms with Gasteiger partial charge in [-0.05, 0) is 52.3 Å². The summed E-state index contributed by atoms with van der Waals surface area (Å²) >= 11 is 0. The smallest absolute Gasteiger partial charge is 0.337 e. The molecule has 0 aromatic carbocycles. The lowest BCUT2D eigenvalue weighted by atomic mass is 9.85. The predicted molar refractivity (Wildman–Crippen MR) is 146 cm³/mol. The van der Waals surface area contributed by atoms with Crippen molar-refractivity contribution in [3.63, 3.8) is 0 Å². The number of carboxylic acid groups (broad SMARTS) is 1. The average Bonchev–Trinajstić information content (AvgIpc) is 2.79. The molecule has 0 aliphatic rings. The fraction of sp³-hybridized carbons (Fsp3) is 0.433. The minimum absolute atomic E-state index is 0.0186. The van der Waals surface area contributed by atoms with Crippen LogP contribution in [-0.2, 0) is 16.2 Å². The highest BCUT2D eigenvalue weighted by molar-refractivity contribution is 5.93. The Morgan fingerprint density at radius 3 is 1.58 bits per heavy atom. The first-order chi connectivity index (χ1) is 16.5. The zero-order valence-electron chi connectivity index (χ0n) is 23.4. The number of hydrogen-bond acceptors (Lipinski definition) is 5. The summed E-state index contributed by atoms with van der Waals surface area (Å²) in [4.78, 5) is 34.2. The maximum absolute atomic E-state index is 11.3. The van der Waals surface area contributed by atoms with E-state index in [-0.39, 0.29) is 27.6 Å². The van der Waals surface area contributed by atoms with Gasteiger partial charge in [0.15, 0.2) is 5.78 Å². The lowest BCUT2D eigenvalue weighted by Gasteiger charge is -2.20. The van der Waals surface area contributed by atoms with Crippen LogP contribution >= 0.6 is 0 Å². The molecule has 3 heterocycles. The summed E-state index contributed by atoms with van der Waals surface area (Å²) in [6, 6.07) is 11.2. The Morgan fingerprint density at radius 2 is 1.22 bits per heavy atom. The number of aromatic carboxylic acids is 1. The minimum atomic E-state index is -0.918. The molecule has 0 bridgehead atoms. The first-order valence-corrected chi connectivity index (χ1v) is 12.0. The first kappa shape index (κ1) is 30.6. The number of aromatic nitrogens is 3. The van der Waals surface area contributed by atoms with Crippen molar-refractivity contribution in [3.05, 3.63) is 89.3 Å². The number of nitrogens with zero attached hydrogens (tertiary/aromatic N) is 3. The van der Waals surface area contributed by atoms with E-state index in [0.717, 1.165) is 5.56 Å². The fourth-order valence-corrected chi connectivity index (χ4v) is 3.32. The van der Waals surface area contributed by atoms with Gasteiger partial charge in [-0.3, -0.25) is 19.7 Å². The Bertz CT molecular complexity index is 1070. The van der Waals surface area contributed by atoms with Crippen molar-refractivity contribution in [2.24, 2.45) is 0 Å². The van der Waals surface area contributed by atoms with Crippen LogP contribution in [0.5, 0.6) is 0 Å². The standard InChI is InChI=1S/C11H15NO.C10H13NO2.C9H13N/c1-8(13)10-9(11(2,3)4)6-5-7-12-10;1-10(2,3)8-7(9(12)13)5-4-6-11-8;1-9(2,3)8-4-6-10-7-5-8/h5-7H,1-4H3;4-6H,1-3H3,(H,12,13);4-7H,1-3H3. The van der Waals surface area contributed by atoms with Crippen molar-refractivity contribution < 1.29 is 14.7 Å². The highest BCUT2D eigenvalue weighted by atomic mass is 16.4. The van der Waals surface area contributed by atoms with E-state index < -0.39 is 5.97 Å². The molecule has 3 aromatic rings. The normalized spacial score (nSPS) is 11.4. The average molecular weight is 492 g/mol. The maximum atomic E-state index is 11.3. The number of rotatable bonds is 2. The summed E-state index contributed by atoms with van der Waals surface area (Å²) in [5.41, 5.74) is 3.87. The molecule has 0 spiro atoms. The molecule has 6 nitrogen and oxygen atoms in total. The van der Waals surface area contributed by atoms with Crippen molar-refractivity contribution in [3.8, 4) is 0 Å². The Morgan fingerprint density at radius 1 is 0.694 bits per heavy atom. The van der Waals surface area contributed by atoms with Crippen LogP contribution in [0.2, 0.25) is 0 Å². The van der Waals surface area contributed by atoms with Gasteiger partial charge in [-0.15, -0.1) is 0 Å². The minimum Gasteiger partial charge on any atom is -0.478 e. The first-order valence-electron chi connectivity index (χ1n) is 12.0. The molecule has 0 amide bonds. The molecular weight excluding hydrogens is 450 g/mol. The maximum Gasteiger partial charge on any atom is 0.337 e. The topological polar surface area (TPSA) is 93.0 Å². The number of ketones is 1. The summed E-state index contributed by atoms with van der Waals surface area (Å²) in [6.07, 6.45) is 6.94. The van der Waals surface area contributed by atoms with Crippen molar-refractivity contribution in [2.45, 2.75) is 85.5 Å². The van der Waals surface area contributed by atoms with Gasteiger partial charge in [0.05, 0.1) is 11.3 Å². The molecular formula is C30H41N3O3. The molecule has 3 rings (SSSR count). The summed E-state index contributed by atoms with van der Waals surface area (Å²) in [7, 11) is 0. The number of carbonyl (C=O) groups excluding carboxylic acids is 1. The number of Topliss-reactive ketones (excluding diaryl/α,β-unsaturated/α-hetero) is 1. The van der Waals surface area contributed by atoms with Crippen molar-refractivity contribution in [1.82, 2.24) is 15.0 Å². The summed E-state index contributed by atoms with van der Waals surface area (Å²) in [6.45, 7) is 20.2. The molecule has 0 fully saturated rings. The van der Waals surface area contributed by atoms with Gasteiger partial charge in [-0.1, -0.05) is 68.4 Å². The highest BCUT2D eigenvalue weighted by Crippen LogP contribution is 2.25. The molecule has 194 valence electrons. The number of carboxylic acids is 1. The van der Waals surface area contributed by atoms with Crippen LogP contribution in [0.25, 0.3) is 0 Å². The van der Waals surface area contributed by atoms with Gasteiger partial charge >= 0.3 is 5.97 Å². The predicted octanol–water partition coefficient (Wildman–Crippen LogP) is 7.04. The van der Waals surface area contributed by atoms with Gasteiger partial charge in [0, 0.05) is 37.1 Å². The van der Waals surface area contributed by atoms with E-state index in [4.69, 9.17) is 5.11 Å². The van der Waals surface area contributed by atoms with E-state index in [1.807, 2.05) is 45.3 Å². The monoisotopic (exact) mass is 491 g/mol. The van der Waals surface area contributed by atoms with Crippen LogP contribution in [-0.4, -0.2) is 31.8 Å². The van der Waals surface area contributed by atoms with Gasteiger partial charge in [-0.25, -0.2) is 4.79 Å². The third-order valence-corrected chi connectivity index (χ3v) is 5.24. The molecule has 0 saturated carbocycles. The van der Waals surface area contributed by atoms with Crippen LogP contribution in [0, 0.1) is 0 Å². The van der Waals surface area contributed by atoms with Crippen molar-refractivity contribution in [2.75, 3.05) is 0 Å². The van der Waals surface area contributed by atoms with Gasteiger partial charge < -0.3 is 5.11 Å². The van der Waals surface area contributed by atoms with E-state index in [1.54, 1.807) is 31.5 Å². The molecule has 36 heavy (non-hydrogen) atoms. The molecule has 0 aliphatic heterocycles. The third-order valence-electron chi connectivity index (χ3n) is 5.24. The molecule has 3 aromatic heterocycles. The lowest BCUT2D eigenvalue weighted by Crippen LogP contribution is -2.18. The zero-order valence-corrected chi connectivity index (χ0v) is 23.4. The molecule has 6 heteroatoms. The lowest BCUT2D eigenvalue weighted by molar-refractivity contribution is 0.0693. The number of carbonyl (C=O) groups is 2. The second-order valence-electron chi connectivity index (χ2n) is 11.6. The van der Waals surface area contributed by atoms with Gasteiger partial charge in [0.2, 0.25) is 0 Å². The molecule has 0 radical (unpaired) electrons. The summed E-state index contributed by atoms with van der Waals surface area (Å²) in [5, 5.41) is 8.89. The molecule has 0 saturated heterocycles. The summed E-state index contributed by atoms with van der Waals surface area (Å²) in [5.74, 6) is -0.886. The molecule has 1 N–H and O–H groups in total. The van der Waals surface area contributed by atoms with Gasteiger partial charge in [-0.2, -0.15) is 0 Å². The molecule has 0 aliphatic carbocycles. The van der Waals surface area contributed by atoms with Crippen LogP contribution < -0.4 is 0 Å². The molecule has 0 unspecified atom stereocenters. The van der Waals surface area contributed by atoms with Crippen molar-refractivity contribution in [1.29, 1.82) is 0 Å². The van der Waals surface area contributed by atoms with Crippen LogP contribution in [0.15, 0.2) is 61.2 Å². The Labute approximate surface area is 216 Å². The van der Waals surface area contributed by atoms with E-state index in [2.05, 4.69) is 68.6 Å². The second kappa shape index (κ2) is 12.5. The second-order valence-corrected chi connectivity index (χ2v) is 11.6. The fourth-order valence-electron chi connectivity index (χ4n) is 3.32. The van der Waals surface area contributed by atoms with E-state index >= 15 is 0 Å². The molecule has 0 atom stereocenters. The van der Waals surface area contributed by atoms with Crippen LogP contribution in [0.4, 0.5) is 0 Å². The summed E-state index contributed by atoms with van der Waals surface area (Å²) < 4.78 is 0. The SMILES string of the molecule is CC(=O)c1ncccc1C(C)(C)C.CC(C)(C)c1ccncc1.CC(C)(C)c1ncccc1C(=O)O. The van der Waals surface area contributed by atoms with E-state index in [0.29, 0.717) is 11.4 Å². The zero-order chi connectivity index (χ0) is 27.7. The third kappa shape index (κ3) is 9.68. The van der Waals surface area contributed by atoms with Gasteiger partial charge in [0.1, 0.15) is 5.69 Å². The Hall–Kier alpha value is -3.41. The van der Waals surface area contributed by atoms with Crippen LogP contribution in [0.1, 0.15) is 107 Å². The van der Waals surface area contributed by atoms with E-state index in [1.165, 1.54) is 5.56 Å². The van der Waals surface area contributed by atoms with Crippen LogP contribution in [0.3, 0.4) is 0 Å². The van der Waals surface area contributed by atoms with E-state index in [9.17, 15) is 9.59 Å². The Balaban J connectivity index is 0.000000273. The quantitative estimate of drug-likeness (QED) is 0.387. The number of pyridine rings is 3. The largest absolute Gasteiger partial charge is 0.478 e. The number of hydrogen-bond donors (Lipinski definition) is 1. The van der Waals surface area contributed by atoms with Gasteiger partial charge in [0.25, 0.3) is 0 Å². The highest BCUT2D eigenvalue weighted by Gasteiger charge is 2.22. The van der Waals surface area contributed by atoms with Crippen molar-refractivity contribution >= 4 is 11.8 Å².